The molecule has 0 aliphatic carbocycles. The predicted molar refractivity (Wildman–Crippen MR) is 129 cm³/mol. The van der Waals surface area contributed by atoms with Crippen molar-refractivity contribution in [3.05, 3.63) is 77.6 Å². The molecule has 166 valence electrons. The summed E-state index contributed by atoms with van der Waals surface area (Å²) in [6.45, 7) is 5.03. The molecule has 5 aromatic rings. The van der Waals surface area contributed by atoms with Gasteiger partial charge < -0.3 is 4.90 Å². The number of nitrogens with one attached hydrogen (secondary N) is 1. The second-order valence-corrected chi connectivity index (χ2v) is 8.05. The summed E-state index contributed by atoms with van der Waals surface area (Å²) in [7, 11) is 2.10. The minimum Gasteiger partial charge on any atom is -0.355 e. The van der Waals surface area contributed by atoms with E-state index in [1.807, 2.05) is 28.9 Å². The molecule has 2 aromatic carbocycles. The number of H-pyrrole nitrogens is 1. The first-order valence-corrected chi connectivity index (χ1v) is 11.2. The molecule has 0 bridgehead atoms. The number of hydrogen-bond acceptors (Lipinski definition) is 6. The standard InChI is InChI=1S/C25H26N8/c1-4-18-15-26-33-23(14-20(5-2)27-25(18)33)32(3)16-17-10-12-19(13-11-17)21-8-6-7-9-22(21)24-28-30-31-29-24/h6-15H,4-5,16H2,1-3H3,(H,28,29,30,31). The average Bonchev–Trinajstić information content (AvgIpc) is 3.54. The lowest BCUT2D eigenvalue weighted by Crippen LogP contribution is -2.20. The highest BCUT2D eigenvalue weighted by atomic mass is 15.5. The number of benzene rings is 2. The Kier molecular flexibility index (Phi) is 5.56. The molecule has 5 rings (SSSR count). The summed E-state index contributed by atoms with van der Waals surface area (Å²) in [4.78, 5) is 7.03. The Morgan fingerprint density at radius 2 is 1.76 bits per heavy atom. The Morgan fingerprint density at radius 3 is 2.45 bits per heavy atom. The van der Waals surface area contributed by atoms with Gasteiger partial charge in [-0.3, -0.25) is 0 Å². The van der Waals surface area contributed by atoms with Gasteiger partial charge in [0.25, 0.3) is 0 Å². The second-order valence-electron chi connectivity index (χ2n) is 8.05. The number of hydrogen-bond donors (Lipinski definition) is 1. The lowest BCUT2D eigenvalue weighted by atomic mass is 9.98. The number of fused-ring (bicyclic) bond motifs is 1. The van der Waals surface area contributed by atoms with Crippen LogP contribution in [0.3, 0.4) is 0 Å². The quantitative estimate of drug-likeness (QED) is 0.407. The fraction of sp³-hybridized carbons (Fsp3) is 0.240. The highest BCUT2D eigenvalue weighted by Crippen LogP contribution is 2.30. The highest BCUT2D eigenvalue weighted by molar-refractivity contribution is 5.80. The zero-order valence-electron chi connectivity index (χ0n) is 19.0. The van der Waals surface area contributed by atoms with Crippen LogP contribution in [0.15, 0.2) is 60.8 Å². The summed E-state index contributed by atoms with van der Waals surface area (Å²) >= 11 is 0. The van der Waals surface area contributed by atoms with E-state index in [0.29, 0.717) is 5.82 Å². The van der Waals surface area contributed by atoms with E-state index in [1.165, 1.54) is 11.1 Å². The van der Waals surface area contributed by atoms with E-state index in [2.05, 4.69) is 87.9 Å². The minimum absolute atomic E-state index is 0.591. The molecule has 0 unspecified atom stereocenters. The molecule has 0 aliphatic rings. The van der Waals surface area contributed by atoms with Gasteiger partial charge in [-0.1, -0.05) is 62.4 Å². The van der Waals surface area contributed by atoms with Gasteiger partial charge in [0.05, 0.1) is 6.20 Å². The Morgan fingerprint density at radius 1 is 0.970 bits per heavy atom. The number of tetrazole rings is 1. The molecule has 8 heteroatoms. The van der Waals surface area contributed by atoms with Crippen LogP contribution in [0.4, 0.5) is 5.82 Å². The van der Waals surface area contributed by atoms with Crippen LogP contribution >= 0.6 is 0 Å². The molecule has 0 fully saturated rings. The Balaban J connectivity index is 1.43. The number of aromatic amines is 1. The lowest BCUT2D eigenvalue weighted by molar-refractivity contribution is 0.822. The van der Waals surface area contributed by atoms with E-state index in [9.17, 15) is 0 Å². The van der Waals surface area contributed by atoms with Crippen LogP contribution in [0, 0.1) is 0 Å². The van der Waals surface area contributed by atoms with Gasteiger partial charge in [-0.25, -0.2) is 4.98 Å². The van der Waals surface area contributed by atoms with Crippen LogP contribution < -0.4 is 4.90 Å². The smallest absolute Gasteiger partial charge is 0.205 e. The number of aromatic nitrogens is 7. The third-order valence-corrected chi connectivity index (χ3v) is 5.91. The van der Waals surface area contributed by atoms with Crippen molar-refractivity contribution in [1.82, 2.24) is 35.2 Å². The zero-order valence-corrected chi connectivity index (χ0v) is 19.0. The molecule has 33 heavy (non-hydrogen) atoms. The maximum absolute atomic E-state index is 4.81. The normalized spacial score (nSPS) is 11.2. The molecule has 8 nitrogen and oxygen atoms in total. The third-order valence-electron chi connectivity index (χ3n) is 5.91. The molecule has 0 atom stereocenters. The SMILES string of the molecule is CCc1cc(N(C)Cc2ccc(-c3ccccc3-c3nn[nH]n3)cc2)n2ncc(CC)c2n1. The fourth-order valence-corrected chi connectivity index (χ4v) is 4.09. The van der Waals surface area contributed by atoms with E-state index >= 15 is 0 Å². The van der Waals surface area contributed by atoms with Crippen molar-refractivity contribution in [1.29, 1.82) is 0 Å². The molecule has 0 radical (unpaired) electrons. The van der Waals surface area contributed by atoms with Crippen molar-refractivity contribution in [2.75, 3.05) is 11.9 Å². The summed E-state index contributed by atoms with van der Waals surface area (Å²) < 4.78 is 1.95. The third kappa shape index (κ3) is 3.95. The summed E-state index contributed by atoms with van der Waals surface area (Å²) in [6.07, 6.45) is 3.73. The van der Waals surface area contributed by atoms with Crippen LogP contribution in [-0.4, -0.2) is 42.3 Å². The van der Waals surface area contributed by atoms with E-state index < -0.39 is 0 Å². The summed E-state index contributed by atoms with van der Waals surface area (Å²) in [5.74, 6) is 1.64. The molecule has 0 spiro atoms. The van der Waals surface area contributed by atoms with Gasteiger partial charge in [0.15, 0.2) is 5.65 Å². The fourth-order valence-electron chi connectivity index (χ4n) is 4.09. The van der Waals surface area contributed by atoms with Gasteiger partial charge in [-0.2, -0.15) is 14.8 Å². The Labute approximate surface area is 192 Å². The number of nitrogens with zero attached hydrogens (tertiary/aromatic N) is 7. The van der Waals surface area contributed by atoms with Crippen LogP contribution in [0.2, 0.25) is 0 Å². The lowest BCUT2D eigenvalue weighted by Gasteiger charge is -2.21. The highest BCUT2D eigenvalue weighted by Gasteiger charge is 2.14. The maximum Gasteiger partial charge on any atom is 0.205 e. The van der Waals surface area contributed by atoms with Gasteiger partial charge in [0.1, 0.15) is 5.82 Å². The van der Waals surface area contributed by atoms with Gasteiger partial charge >= 0.3 is 0 Å². The largest absolute Gasteiger partial charge is 0.355 e. The van der Waals surface area contributed by atoms with Crippen LogP contribution in [0.1, 0.15) is 30.7 Å². The van der Waals surface area contributed by atoms with E-state index in [4.69, 9.17) is 4.98 Å². The van der Waals surface area contributed by atoms with Gasteiger partial charge in [0.2, 0.25) is 5.82 Å². The molecule has 0 amide bonds. The molecule has 0 saturated heterocycles. The molecule has 3 heterocycles. The topological polar surface area (TPSA) is 87.9 Å². The van der Waals surface area contributed by atoms with Crippen molar-refractivity contribution < 1.29 is 0 Å². The molecular weight excluding hydrogens is 412 g/mol. The summed E-state index contributed by atoms with van der Waals surface area (Å²) in [6, 6.07) is 18.8. The molecule has 1 N–H and O–H groups in total. The molecule has 3 aromatic heterocycles. The van der Waals surface area contributed by atoms with Gasteiger partial charge in [-0.05, 0) is 34.7 Å². The van der Waals surface area contributed by atoms with Crippen LogP contribution in [-0.2, 0) is 19.4 Å². The zero-order chi connectivity index (χ0) is 22.8. The van der Waals surface area contributed by atoms with Crippen molar-refractivity contribution in [3.8, 4) is 22.5 Å². The minimum atomic E-state index is 0.591. The van der Waals surface area contributed by atoms with Crippen molar-refractivity contribution in [2.24, 2.45) is 0 Å². The van der Waals surface area contributed by atoms with Crippen LogP contribution in [0.25, 0.3) is 28.2 Å². The first-order valence-electron chi connectivity index (χ1n) is 11.2. The molecular formula is C25H26N8. The monoisotopic (exact) mass is 438 g/mol. The first-order chi connectivity index (χ1) is 16.2. The van der Waals surface area contributed by atoms with E-state index in [1.54, 1.807) is 0 Å². The number of anilines is 1. The van der Waals surface area contributed by atoms with E-state index in [-0.39, 0.29) is 0 Å². The van der Waals surface area contributed by atoms with Crippen LogP contribution in [0.5, 0.6) is 0 Å². The van der Waals surface area contributed by atoms with Crippen molar-refractivity contribution >= 4 is 11.5 Å². The summed E-state index contributed by atoms with van der Waals surface area (Å²) in [5, 5.41) is 19.1. The average molecular weight is 439 g/mol. The number of aryl methyl sites for hydroxylation is 2. The molecule has 0 saturated carbocycles. The van der Waals surface area contributed by atoms with Gasteiger partial charge in [0, 0.05) is 36.5 Å². The maximum atomic E-state index is 4.81. The summed E-state index contributed by atoms with van der Waals surface area (Å²) in [5.41, 5.74) is 7.55. The predicted octanol–water partition coefficient (Wildman–Crippen LogP) is 4.34. The number of rotatable bonds is 7. The Bertz CT molecular complexity index is 1370. The van der Waals surface area contributed by atoms with Crippen molar-refractivity contribution in [3.63, 3.8) is 0 Å². The Hall–Kier alpha value is -4.07. The second kappa shape index (κ2) is 8.82. The first kappa shape index (κ1) is 20.8. The van der Waals surface area contributed by atoms with Crippen molar-refractivity contribution in [2.45, 2.75) is 33.2 Å². The van der Waals surface area contributed by atoms with E-state index in [0.717, 1.165) is 53.2 Å². The molecule has 0 aliphatic heterocycles. The van der Waals surface area contributed by atoms with Gasteiger partial charge in [-0.15, -0.1) is 10.2 Å².